The quantitative estimate of drug-likeness (QED) is 0.817. The van der Waals surface area contributed by atoms with Gasteiger partial charge in [0.1, 0.15) is 5.75 Å². The fourth-order valence-corrected chi connectivity index (χ4v) is 5.20. The molecule has 2 aromatic rings. The van der Waals surface area contributed by atoms with Gasteiger partial charge in [-0.25, -0.2) is 8.42 Å². The van der Waals surface area contributed by atoms with E-state index in [0.29, 0.717) is 41.3 Å². The lowest BCUT2D eigenvalue weighted by molar-refractivity contribution is 0.102. The normalized spacial score (nSPS) is 17.1. The Morgan fingerprint density at radius 2 is 1.78 bits per heavy atom. The number of aryl methyl sites for hydroxylation is 1. The van der Waals surface area contributed by atoms with E-state index in [1.807, 2.05) is 19.1 Å². The monoisotopic (exact) mass is 386 g/mol. The minimum atomic E-state index is -3.47. The van der Waals surface area contributed by atoms with Crippen molar-refractivity contribution in [3.63, 3.8) is 0 Å². The van der Waals surface area contributed by atoms with E-state index in [2.05, 4.69) is 10.0 Å². The summed E-state index contributed by atoms with van der Waals surface area (Å²) < 4.78 is 33.8. The summed E-state index contributed by atoms with van der Waals surface area (Å²) in [5.74, 6) is 0.631. The number of sulfonamides is 1. The molecule has 1 saturated carbocycles. The van der Waals surface area contributed by atoms with Crippen LogP contribution in [0.3, 0.4) is 0 Å². The number of carbonyl (C=O) groups excluding carboxylic acids is 1. The van der Waals surface area contributed by atoms with E-state index in [4.69, 9.17) is 4.74 Å². The van der Waals surface area contributed by atoms with E-state index < -0.39 is 10.0 Å². The number of benzene rings is 2. The van der Waals surface area contributed by atoms with Crippen molar-refractivity contribution < 1.29 is 17.9 Å². The average molecular weight is 386 g/mol. The average Bonchev–Trinajstić information content (AvgIpc) is 2.78. The number of hydrogen-bond acceptors (Lipinski definition) is 4. The molecule has 0 atom stereocenters. The molecule has 2 aliphatic rings. The second-order valence-corrected chi connectivity index (χ2v) is 9.13. The number of carbonyl (C=O) groups is 1. The van der Waals surface area contributed by atoms with E-state index in [1.165, 1.54) is 6.07 Å². The Labute approximate surface area is 159 Å². The van der Waals surface area contributed by atoms with E-state index in [0.717, 1.165) is 24.8 Å². The van der Waals surface area contributed by atoms with Gasteiger partial charge in [-0.2, -0.15) is 0 Å². The largest absolute Gasteiger partial charge is 0.454 e. The molecule has 2 N–H and O–H groups in total. The number of rotatable bonds is 3. The summed E-state index contributed by atoms with van der Waals surface area (Å²) in [4.78, 5) is 12.6. The van der Waals surface area contributed by atoms with Crippen LogP contribution in [0.5, 0.6) is 11.5 Å². The first kappa shape index (κ1) is 17.9. The van der Waals surface area contributed by atoms with Crippen molar-refractivity contribution in [1.29, 1.82) is 0 Å². The lowest BCUT2D eigenvalue weighted by Gasteiger charge is -2.22. The van der Waals surface area contributed by atoms with Crippen LogP contribution in [0.2, 0.25) is 0 Å². The zero-order valence-electron chi connectivity index (χ0n) is 15.1. The third kappa shape index (κ3) is 3.64. The number of amides is 1. The molecule has 7 heteroatoms. The van der Waals surface area contributed by atoms with Gasteiger partial charge in [0.25, 0.3) is 5.91 Å². The maximum atomic E-state index is 12.6. The first-order chi connectivity index (χ1) is 12.9. The molecule has 2 aromatic carbocycles. The summed E-state index contributed by atoms with van der Waals surface area (Å²) in [7, 11) is -3.47. The van der Waals surface area contributed by atoms with Crippen LogP contribution in [0, 0.1) is 6.92 Å². The minimum absolute atomic E-state index is 0.299. The highest BCUT2D eigenvalue weighted by atomic mass is 32.2. The highest BCUT2D eigenvalue weighted by Crippen LogP contribution is 2.37. The summed E-state index contributed by atoms with van der Waals surface area (Å²) in [6.45, 7) is 1.93. The molecule has 4 rings (SSSR count). The Bertz CT molecular complexity index is 995. The van der Waals surface area contributed by atoms with Crippen LogP contribution >= 0.6 is 0 Å². The molecule has 0 bridgehead atoms. The van der Waals surface area contributed by atoms with Crippen LogP contribution in [0.1, 0.15) is 48.0 Å². The highest BCUT2D eigenvalue weighted by molar-refractivity contribution is 7.93. The summed E-state index contributed by atoms with van der Waals surface area (Å²) in [5.41, 5.74) is 2.28. The molecule has 1 heterocycles. The van der Waals surface area contributed by atoms with Gasteiger partial charge in [-0.05, 0) is 55.7 Å². The Morgan fingerprint density at radius 3 is 2.56 bits per heavy atom. The van der Waals surface area contributed by atoms with Crippen molar-refractivity contribution in [3.05, 3.63) is 47.5 Å². The molecule has 0 aromatic heterocycles. The third-order valence-electron chi connectivity index (χ3n) is 5.08. The Kier molecular flexibility index (Phi) is 4.55. The molecule has 0 radical (unpaired) electrons. The van der Waals surface area contributed by atoms with Crippen LogP contribution in [0.25, 0.3) is 0 Å². The fourth-order valence-electron chi connectivity index (χ4n) is 3.62. The van der Waals surface area contributed by atoms with E-state index in [-0.39, 0.29) is 11.2 Å². The van der Waals surface area contributed by atoms with E-state index in [1.54, 1.807) is 18.2 Å². The van der Waals surface area contributed by atoms with E-state index in [9.17, 15) is 13.2 Å². The topological polar surface area (TPSA) is 84.5 Å². The van der Waals surface area contributed by atoms with Gasteiger partial charge >= 0.3 is 0 Å². The highest BCUT2D eigenvalue weighted by Gasteiger charge is 2.28. The molecule has 1 fully saturated rings. The van der Waals surface area contributed by atoms with Crippen LogP contribution in [0.4, 0.5) is 11.4 Å². The second kappa shape index (κ2) is 6.88. The second-order valence-electron chi connectivity index (χ2n) is 7.17. The van der Waals surface area contributed by atoms with Gasteiger partial charge < -0.3 is 10.1 Å². The van der Waals surface area contributed by atoms with Gasteiger partial charge in [-0.15, -0.1) is 0 Å². The lowest BCUT2D eigenvalue weighted by atomic mass is 10.0. The number of anilines is 2. The van der Waals surface area contributed by atoms with Crippen LogP contribution < -0.4 is 14.8 Å². The summed E-state index contributed by atoms with van der Waals surface area (Å²) >= 11 is 0. The van der Waals surface area contributed by atoms with Crippen molar-refractivity contribution in [2.45, 2.75) is 44.3 Å². The number of nitrogens with one attached hydrogen (secondary N) is 2. The molecule has 27 heavy (non-hydrogen) atoms. The molecule has 1 amide bonds. The van der Waals surface area contributed by atoms with Gasteiger partial charge in [-0.1, -0.05) is 25.3 Å². The summed E-state index contributed by atoms with van der Waals surface area (Å²) in [5, 5.41) is 2.46. The predicted molar refractivity (Wildman–Crippen MR) is 105 cm³/mol. The van der Waals surface area contributed by atoms with Crippen molar-refractivity contribution in [2.75, 3.05) is 10.0 Å². The van der Waals surface area contributed by atoms with Gasteiger partial charge in [0.15, 0.2) is 5.75 Å². The molecule has 0 unspecified atom stereocenters. The summed E-state index contributed by atoms with van der Waals surface area (Å²) in [6.07, 6.45) is 4.31. The molecule has 1 aliphatic heterocycles. The van der Waals surface area contributed by atoms with Crippen molar-refractivity contribution in [2.24, 2.45) is 0 Å². The van der Waals surface area contributed by atoms with Gasteiger partial charge in [0.05, 0.1) is 16.5 Å². The lowest BCUT2D eigenvalue weighted by Crippen LogP contribution is -2.29. The zero-order chi connectivity index (χ0) is 19.0. The van der Waals surface area contributed by atoms with Crippen molar-refractivity contribution in [3.8, 4) is 11.5 Å². The van der Waals surface area contributed by atoms with Gasteiger partial charge in [-0.3, -0.25) is 9.52 Å². The smallest absolute Gasteiger partial charge is 0.259 e. The Balaban J connectivity index is 1.62. The van der Waals surface area contributed by atoms with Gasteiger partial charge in [0, 0.05) is 5.69 Å². The van der Waals surface area contributed by atoms with Crippen LogP contribution in [0.15, 0.2) is 36.4 Å². The molecule has 1 aliphatic carbocycles. The first-order valence-electron chi connectivity index (χ1n) is 9.18. The Morgan fingerprint density at radius 1 is 1.04 bits per heavy atom. The maximum absolute atomic E-state index is 12.6. The standard InChI is InChI=1S/C20H22N2O4S/c1-13-7-9-19-17(11-13)21-20(23)16-12-14(8-10-18(16)26-19)22-27(24,25)15-5-3-2-4-6-15/h7-12,15,22H,2-6H2,1H3,(H,21,23). The zero-order valence-corrected chi connectivity index (χ0v) is 15.9. The first-order valence-corrected chi connectivity index (χ1v) is 10.7. The molecule has 6 nitrogen and oxygen atoms in total. The molecular weight excluding hydrogens is 364 g/mol. The van der Waals surface area contributed by atoms with E-state index >= 15 is 0 Å². The van der Waals surface area contributed by atoms with Crippen LogP contribution in [-0.4, -0.2) is 19.6 Å². The predicted octanol–water partition coefficient (Wildman–Crippen LogP) is 4.43. The Hall–Kier alpha value is -2.54. The van der Waals surface area contributed by atoms with Gasteiger partial charge in [0.2, 0.25) is 10.0 Å². The number of hydrogen-bond donors (Lipinski definition) is 2. The van der Waals surface area contributed by atoms with Crippen LogP contribution in [-0.2, 0) is 10.0 Å². The molecule has 0 saturated heterocycles. The number of fused-ring (bicyclic) bond motifs is 2. The van der Waals surface area contributed by atoms with Crippen molar-refractivity contribution >= 4 is 27.3 Å². The van der Waals surface area contributed by atoms with Crippen molar-refractivity contribution in [1.82, 2.24) is 0 Å². The molecule has 142 valence electrons. The third-order valence-corrected chi connectivity index (χ3v) is 6.95. The molecular formula is C20H22N2O4S. The molecule has 0 spiro atoms. The fraction of sp³-hybridized carbons (Fsp3) is 0.350. The number of ether oxygens (including phenoxy) is 1. The maximum Gasteiger partial charge on any atom is 0.259 e. The summed E-state index contributed by atoms with van der Waals surface area (Å²) in [6, 6.07) is 10.3. The SMILES string of the molecule is Cc1ccc2c(c1)NC(=O)c1cc(NS(=O)(=O)C3CCCCC3)ccc1O2. The minimum Gasteiger partial charge on any atom is -0.454 e.